The molecular formula is C21H33N3O20S2+2. The Balaban J connectivity index is 2.15. The Morgan fingerprint density at radius 3 is 1.91 bits per heavy atom. The van der Waals surface area contributed by atoms with E-state index in [1.54, 1.807) is 0 Å². The van der Waals surface area contributed by atoms with Crippen LogP contribution in [0.3, 0.4) is 0 Å². The molecule has 0 aromatic heterocycles. The Labute approximate surface area is 261 Å². The molecule has 3 aliphatic rings. The van der Waals surface area contributed by atoms with Crippen molar-refractivity contribution >= 4 is 50.6 Å². The molecule has 0 aromatic rings. The second-order valence-electron chi connectivity index (χ2n) is 9.47. The Hall–Kier alpha value is -3.11. The van der Waals surface area contributed by atoms with Gasteiger partial charge in [-0.25, -0.2) is 18.2 Å². The van der Waals surface area contributed by atoms with E-state index in [4.69, 9.17) is 42.1 Å². The van der Waals surface area contributed by atoms with Gasteiger partial charge in [-0.05, 0) is 0 Å². The number of ether oxygens (including phenoxy) is 8. The van der Waals surface area contributed by atoms with Crippen LogP contribution in [0.25, 0.3) is 0 Å². The lowest BCUT2D eigenvalue weighted by Crippen LogP contribution is -2.67. The first-order valence-corrected chi connectivity index (χ1v) is 15.5. The fraction of sp³-hybridized carbons (Fsp3) is 0.762. The van der Waals surface area contributed by atoms with Crippen LogP contribution in [0.15, 0.2) is 4.99 Å². The topological polar surface area (TPSA) is 315 Å². The molecule has 3 aliphatic heterocycles. The molecule has 0 aromatic carbocycles. The summed E-state index contributed by atoms with van der Waals surface area (Å²) >= 11 is 0. The van der Waals surface area contributed by atoms with Gasteiger partial charge in [-0.3, -0.25) is 14.4 Å². The summed E-state index contributed by atoms with van der Waals surface area (Å²) in [6, 6.07) is -1.32. The van der Waals surface area contributed by atoms with Crippen molar-refractivity contribution in [1.82, 2.24) is 0 Å². The second-order valence-corrected chi connectivity index (χ2v) is 12.0. The summed E-state index contributed by atoms with van der Waals surface area (Å²) in [7, 11) is -8.73. The molecule has 2 fully saturated rings. The number of rotatable bonds is 13. The highest BCUT2D eigenvalue weighted by molar-refractivity contribution is 7.82. The van der Waals surface area contributed by atoms with Crippen LogP contribution in [-0.2, 0) is 94.8 Å². The largest absolute Gasteiger partial charge is 0.467 e. The van der Waals surface area contributed by atoms with Crippen LogP contribution < -0.4 is 11.8 Å². The van der Waals surface area contributed by atoms with Gasteiger partial charge in [0.25, 0.3) is 0 Å². The summed E-state index contributed by atoms with van der Waals surface area (Å²) in [6.07, 6.45) is -16.0. The van der Waals surface area contributed by atoms with E-state index in [-0.39, 0.29) is 5.90 Å². The summed E-state index contributed by atoms with van der Waals surface area (Å²) in [6.45, 7) is 3.30. The maximum atomic E-state index is 12.8. The molecule has 6 N–H and O–H groups in total. The number of quaternary nitrogens is 2. The van der Waals surface area contributed by atoms with Gasteiger partial charge in [-0.1, -0.05) is 8.57 Å². The number of hydrogen-bond donors (Lipinski definition) is 2. The van der Waals surface area contributed by atoms with Crippen molar-refractivity contribution in [1.29, 1.82) is 0 Å². The highest BCUT2D eigenvalue weighted by Gasteiger charge is 2.59. The Morgan fingerprint density at radius 1 is 0.804 bits per heavy atom. The minimum Gasteiger partial charge on any atom is -0.467 e. The van der Waals surface area contributed by atoms with E-state index in [1.807, 2.05) is 0 Å². The summed E-state index contributed by atoms with van der Waals surface area (Å²) in [5, 5.41) is 0. The van der Waals surface area contributed by atoms with Crippen molar-refractivity contribution in [2.75, 3.05) is 13.7 Å². The molecule has 0 radical (unpaired) electrons. The fourth-order valence-electron chi connectivity index (χ4n) is 4.63. The zero-order valence-corrected chi connectivity index (χ0v) is 26.5. The third-order valence-electron chi connectivity index (χ3n) is 6.25. The first kappa shape index (κ1) is 37.3. The van der Waals surface area contributed by atoms with E-state index in [2.05, 4.69) is 29.5 Å². The van der Waals surface area contributed by atoms with Crippen molar-refractivity contribution in [2.24, 2.45) is 4.99 Å². The Bertz CT molecular complexity index is 1400. The molecule has 2 saturated heterocycles. The lowest BCUT2D eigenvalue weighted by atomic mass is 9.95. The maximum absolute atomic E-state index is 12.8. The maximum Gasteiger partial charge on any atom is 0.444 e. The van der Waals surface area contributed by atoms with Gasteiger partial charge in [-0.15, -0.1) is 0 Å². The summed E-state index contributed by atoms with van der Waals surface area (Å²) in [4.78, 5) is 53.3. The van der Waals surface area contributed by atoms with Crippen LogP contribution in [0.5, 0.6) is 0 Å². The smallest absolute Gasteiger partial charge is 0.444 e. The average Bonchev–Trinajstić information content (AvgIpc) is 3.34. The molecule has 25 heteroatoms. The van der Waals surface area contributed by atoms with Crippen molar-refractivity contribution < 1.29 is 103 Å². The minimum atomic E-state index is -4.97. The number of hydrogen-bond acceptors (Lipinski definition) is 21. The van der Waals surface area contributed by atoms with Crippen LogP contribution in [-0.4, -0.2) is 122 Å². The van der Waals surface area contributed by atoms with Crippen molar-refractivity contribution in [3.63, 3.8) is 0 Å². The minimum absolute atomic E-state index is 0.00450. The normalized spacial score (nSPS) is 32.7. The van der Waals surface area contributed by atoms with Gasteiger partial charge in [0, 0.05) is 27.7 Å². The first-order valence-electron chi connectivity index (χ1n) is 12.9. The van der Waals surface area contributed by atoms with E-state index in [0.29, 0.717) is 0 Å². The van der Waals surface area contributed by atoms with E-state index in [0.717, 1.165) is 27.9 Å². The van der Waals surface area contributed by atoms with Crippen LogP contribution in [0.1, 0.15) is 27.7 Å². The van der Waals surface area contributed by atoms with Gasteiger partial charge in [0.2, 0.25) is 6.29 Å². The van der Waals surface area contributed by atoms with Crippen LogP contribution >= 0.6 is 0 Å². The lowest BCUT2D eigenvalue weighted by Gasteiger charge is -2.46. The molecule has 0 aliphatic carbocycles. The molecule has 46 heavy (non-hydrogen) atoms. The van der Waals surface area contributed by atoms with E-state index in [1.165, 1.54) is 6.92 Å². The third-order valence-corrected chi connectivity index (χ3v) is 7.71. The number of fused-ring (bicyclic) bond motifs is 1. The molecule has 262 valence electrons. The zero-order chi connectivity index (χ0) is 34.6. The summed E-state index contributed by atoms with van der Waals surface area (Å²) in [5.74, 6) is 1.43. The predicted octanol–water partition coefficient (Wildman–Crippen LogP) is -5.15. The second kappa shape index (κ2) is 15.2. The van der Waals surface area contributed by atoms with Gasteiger partial charge in [0.05, 0.1) is 13.7 Å². The quantitative estimate of drug-likeness (QED) is 0.102. The van der Waals surface area contributed by atoms with Crippen molar-refractivity contribution in [2.45, 2.75) is 89.0 Å². The average molecular weight is 712 g/mol. The lowest BCUT2D eigenvalue weighted by molar-refractivity contribution is -0.637. The number of carbonyl (C=O) groups excluding carboxylic acids is 4. The highest BCUT2D eigenvalue weighted by atomic mass is 32.3. The van der Waals surface area contributed by atoms with Gasteiger partial charge < -0.3 is 37.9 Å². The van der Waals surface area contributed by atoms with Gasteiger partial charge in [0.1, 0.15) is 24.4 Å². The van der Waals surface area contributed by atoms with E-state index in [9.17, 15) is 36.0 Å². The zero-order valence-electron chi connectivity index (χ0n) is 24.8. The molecule has 23 nitrogen and oxygen atoms in total. The Morgan fingerprint density at radius 2 is 1.37 bits per heavy atom. The molecule has 0 spiro atoms. The molecule has 3 heterocycles. The molecule has 0 unspecified atom stereocenters. The number of methoxy groups -OCH3 is 1. The van der Waals surface area contributed by atoms with Crippen LogP contribution in [0.4, 0.5) is 0 Å². The monoisotopic (exact) mass is 711 g/mol. The van der Waals surface area contributed by atoms with Crippen molar-refractivity contribution in [3.8, 4) is 0 Å². The summed E-state index contributed by atoms with van der Waals surface area (Å²) in [5.41, 5.74) is 0. The summed E-state index contributed by atoms with van der Waals surface area (Å²) < 4.78 is 110. The van der Waals surface area contributed by atoms with Gasteiger partial charge >= 0.3 is 44.7 Å². The molecule has 0 amide bonds. The van der Waals surface area contributed by atoms with Crippen LogP contribution in [0, 0.1) is 0 Å². The third kappa shape index (κ3) is 9.25. The SMILES string of the molecule is COC(=O)[C@H]1O[C@@H](O[C@@H]2[C@H]3N=C(C)O[C@H]3O[C@H](COS(=O)(=O)O[NH3+])[C@@H]2OS(=O)(=O)O[NH3+])[C@H](OC(C)=O)[C@@H](OC(C)=O)[C@@H]1OC(C)=O. The molecular weight excluding hydrogens is 678 g/mol. The number of esters is 4. The Kier molecular flexibility index (Phi) is 12.3. The van der Waals surface area contributed by atoms with E-state index >= 15 is 0 Å². The number of carbonyl (C=O) groups is 4. The molecule has 0 saturated carbocycles. The van der Waals surface area contributed by atoms with Crippen LogP contribution in [0.2, 0.25) is 0 Å². The fourth-order valence-corrected chi connectivity index (χ4v) is 5.56. The molecule has 0 bridgehead atoms. The number of nitrogens with zero attached hydrogens (tertiary/aromatic N) is 1. The van der Waals surface area contributed by atoms with Gasteiger partial charge in [0.15, 0.2) is 36.6 Å². The molecule has 10 atom stereocenters. The highest BCUT2D eigenvalue weighted by Crippen LogP contribution is 2.37. The predicted molar refractivity (Wildman–Crippen MR) is 135 cm³/mol. The first-order chi connectivity index (χ1) is 21.4. The molecule has 3 rings (SSSR count). The van der Waals surface area contributed by atoms with E-state index < -0.39 is 113 Å². The standard InChI is InChI=1S/C21H33N3O20S2/c1-7-24-12-14(13(42-46(31,32)44-23)11(39-20(12)35-7)6-34-45(29,30)43-22)40-21-18(38-10(4)27)16(37-9(3)26)15(36-8(2)25)17(41-21)19(28)33-5/h11-18,20-21H,6H2,1-5,22-23H3/q+2/t11-,12-,13+,14-,15+,16+,17+,18-,20+,21-/m1/s1. The van der Waals surface area contributed by atoms with Crippen molar-refractivity contribution in [3.05, 3.63) is 0 Å². The number of aliphatic imine (C=N–C) groups is 1. The van der Waals surface area contributed by atoms with Gasteiger partial charge in [-0.2, -0.15) is 28.6 Å².